The minimum Gasteiger partial charge on any atom is -0.419 e. The minimum absolute atomic E-state index is 0.0000221. The van der Waals surface area contributed by atoms with Crippen molar-refractivity contribution in [3.8, 4) is 17.2 Å². The molecular formula is C15H9F3N4O6. The van der Waals surface area contributed by atoms with E-state index in [1.807, 2.05) is 0 Å². The van der Waals surface area contributed by atoms with Gasteiger partial charge in [-0.05, 0) is 30.3 Å². The second kappa shape index (κ2) is 7.38. The summed E-state index contributed by atoms with van der Waals surface area (Å²) in [5, 5.41) is 20.3. The van der Waals surface area contributed by atoms with Crippen LogP contribution in [0.25, 0.3) is 11.5 Å². The minimum atomic E-state index is -4.80. The van der Waals surface area contributed by atoms with Crippen molar-refractivity contribution in [2.75, 3.05) is 0 Å². The largest absolute Gasteiger partial charge is 0.573 e. The Hall–Kier alpha value is -3.90. The summed E-state index contributed by atoms with van der Waals surface area (Å²) in [6, 6.07) is 6.91. The highest BCUT2D eigenvalue weighted by Crippen LogP contribution is 2.26. The number of carbonyl (C=O) groups excluding carboxylic acids is 1. The van der Waals surface area contributed by atoms with Gasteiger partial charge in [0.2, 0.25) is 11.8 Å². The average Bonchev–Trinajstić information content (AvgIpc) is 3.29. The Balaban J connectivity index is 1.60. The van der Waals surface area contributed by atoms with Crippen LogP contribution in [-0.2, 0) is 6.54 Å². The van der Waals surface area contributed by atoms with E-state index in [1.54, 1.807) is 0 Å². The van der Waals surface area contributed by atoms with E-state index in [1.165, 1.54) is 12.1 Å². The average molecular weight is 398 g/mol. The number of nitrogens with one attached hydrogen (secondary N) is 1. The molecule has 28 heavy (non-hydrogen) atoms. The zero-order valence-corrected chi connectivity index (χ0v) is 13.6. The summed E-state index contributed by atoms with van der Waals surface area (Å²) >= 11 is 0. The van der Waals surface area contributed by atoms with Crippen LogP contribution in [-0.4, -0.2) is 27.4 Å². The molecule has 0 saturated heterocycles. The summed E-state index contributed by atoms with van der Waals surface area (Å²) in [5.74, 6) is -1.98. The topological polar surface area (TPSA) is 134 Å². The molecule has 10 nitrogen and oxygen atoms in total. The first-order valence-electron chi connectivity index (χ1n) is 7.42. The molecule has 3 aromatic rings. The van der Waals surface area contributed by atoms with Gasteiger partial charge in [0, 0.05) is 5.56 Å². The molecule has 2 aromatic heterocycles. The first-order valence-corrected chi connectivity index (χ1v) is 7.42. The molecule has 13 heteroatoms. The lowest BCUT2D eigenvalue weighted by atomic mass is 10.2. The highest BCUT2D eigenvalue weighted by atomic mass is 19.4. The van der Waals surface area contributed by atoms with E-state index < -0.39 is 28.8 Å². The van der Waals surface area contributed by atoms with Crippen molar-refractivity contribution >= 4 is 11.8 Å². The number of hydrogen-bond donors (Lipinski definition) is 1. The van der Waals surface area contributed by atoms with E-state index in [-0.39, 0.29) is 24.1 Å². The zero-order chi connectivity index (χ0) is 20.3. The normalized spacial score (nSPS) is 11.2. The number of nitro groups is 1. The van der Waals surface area contributed by atoms with Gasteiger partial charge in [-0.2, -0.15) is 0 Å². The van der Waals surface area contributed by atoms with Crippen molar-refractivity contribution < 1.29 is 36.5 Å². The van der Waals surface area contributed by atoms with Crippen LogP contribution in [0.5, 0.6) is 5.75 Å². The molecule has 1 N–H and O–H groups in total. The van der Waals surface area contributed by atoms with Gasteiger partial charge in [-0.3, -0.25) is 14.9 Å². The maximum absolute atomic E-state index is 12.1. The summed E-state index contributed by atoms with van der Waals surface area (Å²) in [7, 11) is 0. The molecule has 146 valence electrons. The number of aromatic nitrogens is 2. The molecule has 0 aliphatic carbocycles. The van der Waals surface area contributed by atoms with Crippen LogP contribution in [0.2, 0.25) is 0 Å². The molecule has 2 heterocycles. The van der Waals surface area contributed by atoms with Crippen LogP contribution < -0.4 is 10.1 Å². The quantitative estimate of drug-likeness (QED) is 0.495. The number of nitrogens with zero attached hydrogens (tertiary/aromatic N) is 3. The molecule has 0 atom stereocenters. The first kappa shape index (κ1) is 18.9. The molecule has 1 amide bonds. The number of furan rings is 1. The molecule has 0 fully saturated rings. The predicted molar refractivity (Wildman–Crippen MR) is 82.9 cm³/mol. The molecule has 0 saturated carbocycles. The van der Waals surface area contributed by atoms with E-state index in [9.17, 15) is 28.1 Å². The van der Waals surface area contributed by atoms with Crippen LogP contribution >= 0.6 is 0 Å². The Bertz CT molecular complexity index is 996. The monoisotopic (exact) mass is 398 g/mol. The molecule has 3 rings (SSSR count). The number of carbonyl (C=O) groups is 1. The zero-order valence-electron chi connectivity index (χ0n) is 13.6. The fourth-order valence-corrected chi connectivity index (χ4v) is 2.03. The lowest BCUT2D eigenvalue weighted by Gasteiger charge is -2.08. The Labute approximate surface area is 153 Å². The lowest BCUT2D eigenvalue weighted by molar-refractivity contribution is -0.402. The standard InChI is InChI=1S/C15H9F3N4O6/c16-15(17,18)28-9-3-1-8(2-4-9)14-21-20-11(27-14)7-19-13(23)10-5-6-12(26-10)22(24)25/h1-6H,7H2,(H,19,23). The highest BCUT2D eigenvalue weighted by Gasteiger charge is 2.31. The highest BCUT2D eigenvalue weighted by molar-refractivity contribution is 5.91. The van der Waals surface area contributed by atoms with Crippen LogP contribution in [0.1, 0.15) is 16.4 Å². The smallest absolute Gasteiger partial charge is 0.419 e. The molecule has 0 spiro atoms. The fourth-order valence-electron chi connectivity index (χ4n) is 2.03. The van der Waals surface area contributed by atoms with Crippen LogP contribution in [0.4, 0.5) is 19.1 Å². The summed E-state index contributed by atoms with van der Waals surface area (Å²) in [6.45, 7) is -0.199. The van der Waals surface area contributed by atoms with E-state index in [2.05, 4.69) is 20.3 Å². The second-order valence-corrected chi connectivity index (χ2v) is 5.15. The Morgan fingerprint density at radius 1 is 1.14 bits per heavy atom. The summed E-state index contributed by atoms with van der Waals surface area (Å²) in [6.07, 6.45) is -4.80. The van der Waals surface area contributed by atoms with Gasteiger partial charge in [0.25, 0.3) is 5.91 Å². The van der Waals surface area contributed by atoms with E-state index in [0.717, 1.165) is 24.3 Å². The van der Waals surface area contributed by atoms with Crippen molar-refractivity contribution in [1.29, 1.82) is 0 Å². The van der Waals surface area contributed by atoms with Gasteiger partial charge in [-0.25, -0.2) is 0 Å². The number of alkyl halides is 3. The molecule has 1 aromatic carbocycles. The van der Waals surface area contributed by atoms with Gasteiger partial charge in [-0.1, -0.05) is 0 Å². The number of halogens is 3. The van der Waals surface area contributed by atoms with Crippen molar-refractivity contribution in [1.82, 2.24) is 15.5 Å². The van der Waals surface area contributed by atoms with Crippen molar-refractivity contribution in [2.24, 2.45) is 0 Å². The molecule has 0 aliphatic rings. The number of benzene rings is 1. The van der Waals surface area contributed by atoms with Crippen molar-refractivity contribution in [3.63, 3.8) is 0 Å². The van der Waals surface area contributed by atoms with Gasteiger partial charge < -0.3 is 18.9 Å². The third-order valence-corrected chi connectivity index (χ3v) is 3.20. The van der Waals surface area contributed by atoms with Crippen LogP contribution in [0.3, 0.4) is 0 Å². The number of ether oxygens (including phenoxy) is 1. The van der Waals surface area contributed by atoms with E-state index in [0.29, 0.717) is 5.56 Å². The maximum Gasteiger partial charge on any atom is 0.573 e. The van der Waals surface area contributed by atoms with E-state index >= 15 is 0 Å². The molecule has 0 aliphatic heterocycles. The van der Waals surface area contributed by atoms with Crippen LogP contribution in [0, 0.1) is 10.1 Å². The van der Waals surface area contributed by atoms with E-state index in [4.69, 9.17) is 8.83 Å². The summed E-state index contributed by atoms with van der Waals surface area (Å²) in [4.78, 5) is 21.6. The molecular weight excluding hydrogens is 389 g/mol. The second-order valence-electron chi connectivity index (χ2n) is 5.15. The third-order valence-electron chi connectivity index (χ3n) is 3.20. The molecule has 0 radical (unpaired) electrons. The predicted octanol–water partition coefficient (Wildman–Crippen LogP) is 3.07. The maximum atomic E-state index is 12.1. The van der Waals surface area contributed by atoms with Gasteiger partial charge in [-0.15, -0.1) is 23.4 Å². The number of amides is 1. The first-order chi connectivity index (χ1) is 13.2. The van der Waals surface area contributed by atoms with Gasteiger partial charge in [0.15, 0.2) is 5.76 Å². The van der Waals surface area contributed by atoms with Crippen molar-refractivity contribution in [2.45, 2.75) is 12.9 Å². The Morgan fingerprint density at radius 2 is 1.86 bits per heavy atom. The number of rotatable bonds is 6. The van der Waals surface area contributed by atoms with Gasteiger partial charge >= 0.3 is 12.2 Å². The molecule has 0 bridgehead atoms. The fraction of sp³-hybridized carbons (Fsp3) is 0.133. The SMILES string of the molecule is O=C(NCc1nnc(-c2ccc(OC(F)(F)F)cc2)o1)c1ccc([N+](=O)[O-])o1. The van der Waals surface area contributed by atoms with Gasteiger partial charge in [0.1, 0.15) is 10.7 Å². The number of hydrogen-bond acceptors (Lipinski definition) is 8. The Morgan fingerprint density at radius 3 is 2.46 bits per heavy atom. The lowest BCUT2D eigenvalue weighted by Crippen LogP contribution is -2.22. The van der Waals surface area contributed by atoms with Gasteiger partial charge in [0.05, 0.1) is 12.6 Å². The Kier molecular flexibility index (Phi) is 4.98. The summed E-state index contributed by atoms with van der Waals surface area (Å²) < 4.78 is 50.2. The summed E-state index contributed by atoms with van der Waals surface area (Å²) in [5.41, 5.74) is 0.335. The van der Waals surface area contributed by atoms with Crippen molar-refractivity contribution in [3.05, 3.63) is 58.2 Å². The molecule has 0 unspecified atom stereocenters. The van der Waals surface area contributed by atoms with Crippen LogP contribution in [0.15, 0.2) is 45.2 Å². The third kappa shape index (κ3) is 4.63.